The summed E-state index contributed by atoms with van der Waals surface area (Å²) in [5.41, 5.74) is -0.192. The van der Waals surface area contributed by atoms with Gasteiger partial charge in [-0.1, -0.05) is 6.07 Å². The van der Waals surface area contributed by atoms with Gasteiger partial charge >= 0.3 is 0 Å². The fourth-order valence-corrected chi connectivity index (χ4v) is 3.63. The second-order valence-electron chi connectivity index (χ2n) is 7.50. The van der Waals surface area contributed by atoms with E-state index < -0.39 is 48.5 Å². The first kappa shape index (κ1) is 22.8. The van der Waals surface area contributed by atoms with Crippen molar-refractivity contribution in [3.05, 3.63) is 46.8 Å². The van der Waals surface area contributed by atoms with Crippen LogP contribution >= 0.6 is 0 Å². The van der Waals surface area contributed by atoms with E-state index in [0.29, 0.717) is 5.56 Å². The summed E-state index contributed by atoms with van der Waals surface area (Å²) >= 11 is 0. The number of aliphatic hydroxyl groups excluding tert-OH is 4. The van der Waals surface area contributed by atoms with Crippen LogP contribution < -0.4 is 14.9 Å². The van der Waals surface area contributed by atoms with E-state index in [9.17, 15) is 35.4 Å². The zero-order chi connectivity index (χ0) is 23.9. The van der Waals surface area contributed by atoms with Crippen LogP contribution in [0.4, 0.5) is 0 Å². The summed E-state index contributed by atoms with van der Waals surface area (Å²) in [4.78, 5) is 13.0. The molecule has 2 heterocycles. The highest BCUT2D eigenvalue weighted by Gasteiger charge is 2.44. The highest BCUT2D eigenvalue weighted by molar-refractivity contribution is 5.88. The molecular weight excluding hydrogens is 440 g/mol. The van der Waals surface area contributed by atoms with Gasteiger partial charge in [0.1, 0.15) is 53.1 Å². The number of benzene rings is 2. The van der Waals surface area contributed by atoms with Crippen LogP contribution in [-0.4, -0.2) is 75.1 Å². The zero-order valence-electron chi connectivity index (χ0n) is 17.3. The molecule has 1 fully saturated rings. The maximum atomic E-state index is 13.0. The molecule has 2 aromatic carbocycles. The van der Waals surface area contributed by atoms with Gasteiger partial charge in [-0.2, -0.15) is 0 Å². The number of hydrogen-bond acceptors (Lipinski definition) is 11. The van der Waals surface area contributed by atoms with Crippen LogP contribution in [0.3, 0.4) is 0 Å². The summed E-state index contributed by atoms with van der Waals surface area (Å²) in [6.07, 6.45) is -6.35. The van der Waals surface area contributed by atoms with Gasteiger partial charge in [0.25, 0.3) is 0 Å². The minimum absolute atomic E-state index is 0.0407. The van der Waals surface area contributed by atoms with Gasteiger partial charge in [-0.3, -0.25) is 4.79 Å². The van der Waals surface area contributed by atoms with Crippen molar-refractivity contribution in [1.29, 1.82) is 0 Å². The minimum Gasteiger partial charge on any atom is -0.507 e. The van der Waals surface area contributed by atoms with Crippen LogP contribution in [0.1, 0.15) is 0 Å². The number of aliphatic hydroxyl groups is 4. The van der Waals surface area contributed by atoms with E-state index in [1.165, 1.54) is 25.3 Å². The normalized spacial score (nSPS) is 25.2. The van der Waals surface area contributed by atoms with Crippen molar-refractivity contribution in [2.75, 3.05) is 13.7 Å². The molecular formula is C22H22O11. The molecule has 5 atom stereocenters. The number of methoxy groups -OCH3 is 1. The molecule has 176 valence electrons. The minimum atomic E-state index is -1.65. The van der Waals surface area contributed by atoms with E-state index in [-0.39, 0.29) is 33.8 Å². The molecule has 11 heteroatoms. The highest BCUT2D eigenvalue weighted by Crippen LogP contribution is 2.34. The molecule has 0 saturated carbocycles. The summed E-state index contributed by atoms with van der Waals surface area (Å²) < 4.78 is 21.3. The number of ether oxygens (including phenoxy) is 3. The van der Waals surface area contributed by atoms with E-state index in [1.54, 1.807) is 6.07 Å². The van der Waals surface area contributed by atoms with Gasteiger partial charge in [0.15, 0.2) is 11.5 Å². The quantitative estimate of drug-likeness (QED) is 0.302. The fraction of sp³-hybridized carbons (Fsp3) is 0.318. The third kappa shape index (κ3) is 4.08. The lowest BCUT2D eigenvalue weighted by Crippen LogP contribution is -2.60. The summed E-state index contributed by atoms with van der Waals surface area (Å²) in [6.45, 7) is -0.633. The lowest BCUT2D eigenvalue weighted by atomic mass is 9.99. The first-order valence-corrected chi connectivity index (χ1v) is 9.88. The Labute approximate surface area is 186 Å². The smallest absolute Gasteiger partial charge is 0.229 e. The van der Waals surface area contributed by atoms with Crippen LogP contribution in [0.15, 0.2) is 45.8 Å². The topological polar surface area (TPSA) is 179 Å². The van der Waals surface area contributed by atoms with Crippen molar-refractivity contribution in [1.82, 2.24) is 0 Å². The molecule has 1 aromatic heterocycles. The Morgan fingerprint density at radius 3 is 2.42 bits per heavy atom. The molecule has 0 aliphatic carbocycles. The van der Waals surface area contributed by atoms with E-state index in [4.69, 9.17) is 18.6 Å². The Bertz CT molecular complexity index is 1220. The predicted octanol–water partition coefficient (Wildman–Crippen LogP) is 0.0585. The Morgan fingerprint density at radius 2 is 1.76 bits per heavy atom. The van der Waals surface area contributed by atoms with Gasteiger partial charge in [0.2, 0.25) is 11.7 Å². The van der Waals surface area contributed by atoms with Crippen molar-refractivity contribution in [2.24, 2.45) is 0 Å². The number of rotatable bonds is 5. The Hall–Kier alpha value is -3.35. The Balaban J connectivity index is 1.68. The summed E-state index contributed by atoms with van der Waals surface area (Å²) in [5.74, 6) is -0.508. The van der Waals surface area contributed by atoms with E-state index in [0.717, 1.165) is 12.3 Å². The highest BCUT2D eigenvalue weighted by atomic mass is 16.7. The van der Waals surface area contributed by atoms with E-state index in [2.05, 4.69) is 0 Å². The fourth-order valence-electron chi connectivity index (χ4n) is 3.63. The molecule has 0 amide bonds. The number of phenols is 2. The number of fused-ring (bicyclic) bond motifs is 1. The largest absolute Gasteiger partial charge is 0.507 e. The van der Waals surface area contributed by atoms with Crippen molar-refractivity contribution < 1.29 is 49.3 Å². The second-order valence-corrected chi connectivity index (χ2v) is 7.50. The third-order valence-corrected chi connectivity index (χ3v) is 5.42. The molecule has 3 aromatic rings. The predicted molar refractivity (Wildman–Crippen MR) is 112 cm³/mol. The number of hydrogen-bond donors (Lipinski definition) is 6. The van der Waals surface area contributed by atoms with Crippen molar-refractivity contribution in [3.8, 4) is 34.1 Å². The molecule has 0 bridgehead atoms. The van der Waals surface area contributed by atoms with Crippen molar-refractivity contribution >= 4 is 11.0 Å². The van der Waals surface area contributed by atoms with Gasteiger partial charge in [-0.25, -0.2) is 0 Å². The van der Waals surface area contributed by atoms with Crippen LogP contribution in [0, 0.1) is 0 Å². The van der Waals surface area contributed by atoms with Gasteiger partial charge in [-0.05, 0) is 17.7 Å². The lowest BCUT2D eigenvalue weighted by Gasteiger charge is -2.39. The Morgan fingerprint density at radius 1 is 1.00 bits per heavy atom. The number of phenolic OH excluding ortho intramolecular Hbond substituents is 2. The monoisotopic (exact) mass is 462 g/mol. The van der Waals surface area contributed by atoms with Crippen LogP contribution in [-0.2, 0) is 4.74 Å². The molecule has 1 aliphatic rings. The molecule has 6 N–H and O–H groups in total. The van der Waals surface area contributed by atoms with E-state index >= 15 is 0 Å². The summed E-state index contributed by atoms with van der Waals surface area (Å²) in [6, 6.07) is 6.71. The van der Waals surface area contributed by atoms with Crippen LogP contribution in [0.25, 0.3) is 22.1 Å². The standard InChI is InChI=1S/C22H22O11/c1-30-14-3-2-9(4-12(14)24)11-8-31-15-6-10(5-13(25)17(15)18(11)26)32-22-21(29)20(28)19(27)16(7-23)33-22/h2-6,8,16,19-25,27-29H,7H2,1H3/t16?,19-,20+,21?,22-/m1/s1. The van der Waals surface area contributed by atoms with Crippen LogP contribution in [0.2, 0.25) is 0 Å². The first-order chi connectivity index (χ1) is 15.7. The second kappa shape index (κ2) is 8.89. The van der Waals surface area contributed by atoms with Crippen molar-refractivity contribution in [3.63, 3.8) is 0 Å². The maximum absolute atomic E-state index is 13.0. The van der Waals surface area contributed by atoms with Crippen LogP contribution in [0.5, 0.6) is 23.0 Å². The molecule has 0 spiro atoms. The SMILES string of the molecule is COc1ccc(-c2coc3cc(O[C@@H]4OC(CO)[C@@H](O)[C@H](O)C4O)cc(O)c3c2=O)cc1O. The maximum Gasteiger partial charge on any atom is 0.229 e. The molecule has 1 saturated heterocycles. The zero-order valence-corrected chi connectivity index (χ0v) is 17.3. The van der Waals surface area contributed by atoms with Gasteiger partial charge in [0.05, 0.1) is 19.3 Å². The molecule has 2 unspecified atom stereocenters. The molecule has 0 radical (unpaired) electrons. The molecule has 33 heavy (non-hydrogen) atoms. The average Bonchev–Trinajstić information content (AvgIpc) is 2.79. The molecule has 1 aliphatic heterocycles. The molecule has 11 nitrogen and oxygen atoms in total. The summed E-state index contributed by atoms with van der Waals surface area (Å²) in [5, 5.41) is 59.5. The summed E-state index contributed by atoms with van der Waals surface area (Å²) in [7, 11) is 1.39. The number of aromatic hydroxyl groups is 2. The third-order valence-electron chi connectivity index (χ3n) is 5.42. The van der Waals surface area contributed by atoms with E-state index in [1.807, 2.05) is 0 Å². The van der Waals surface area contributed by atoms with Gasteiger partial charge < -0.3 is 49.3 Å². The van der Waals surface area contributed by atoms with Gasteiger partial charge in [-0.15, -0.1) is 0 Å². The Kier molecular flexibility index (Phi) is 6.15. The molecule has 4 rings (SSSR count). The average molecular weight is 462 g/mol. The lowest BCUT2D eigenvalue weighted by molar-refractivity contribution is -0.277. The first-order valence-electron chi connectivity index (χ1n) is 9.88. The van der Waals surface area contributed by atoms with Gasteiger partial charge in [0, 0.05) is 12.1 Å². The van der Waals surface area contributed by atoms with Crippen molar-refractivity contribution in [2.45, 2.75) is 30.7 Å².